The lowest BCUT2D eigenvalue weighted by molar-refractivity contribution is 0.0942. The van der Waals surface area contributed by atoms with Gasteiger partial charge in [0.1, 0.15) is 11.4 Å². The van der Waals surface area contributed by atoms with Crippen LogP contribution in [-0.2, 0) is 13.2 Å². The molecule has 1 aromatic heterocycles. The summed E-state index contributed by atoms with van der Waals surface area (Å²) in [5.41, 5.74) is 1.70. The van der Waals surface area contributed by atoms with Gasteiger partial charge in [0.15, 0.2) is 5.69 Å². The van der Waals surface area contributed by atoms with Gasteiger partial charge < -0.3 is 15.2 Å². The predicted octanol–water partition coefficient (Wildman–Crippen LogP) is 2.74. The summed E-state index contributed by atoms with van der Waals surface area (Å²) in [6.45, 7) is 2.33. The fraction of sp³-hybridized carbons (Fsp3) is 0.211. The average molecular weight is 387 g/mol. The zero-order chi connectivity index (χ0) is 19.2. The van der Waals surface area contributed by atoms with Crippen molar-refractivity contribution in [2.24, 2.45) is 0 Å². The molecule has 0 saturated carbocycles. The van der Waals surface area contributed by atoms with E-state index >= 15 is 0 Å². The van der Waals surface area contributed by atoms with E-state index in [1.807, 2.05) is 25.1 Å². The number of nitrogens with one attached hydrogen (secondary N) is 1. The van der Waals surface area contributed by atoms with Crippen molar-refractivity contribution in [1.82, 2.24) is 20.3 Å². The standard InChI is InChI=1S/C19H19ClN4O3/c1-2-27-15-9-7-14(8-10-15)24-22-17(12-25)18(23-24)19(26)21-11-13-5-3-4-6-16(13)20/h3-10,25H,2,11-12H2,1H3,(H,21,26). The highest BCUT2D eigenvalue weighted by Crippen LogP contribution is 2.17. The van der Waals surface area contributed by atoms with Crippen LogP contribution >= 0.6 is 11.6 Å². The Morgan fingerprint density at radius 3 is 2.59 bits per heavy atom. The van der Waals surface area contributed by atoms with E-state index in [4.69, 9.17) is 16.3 Å². The Balaban J connectivity index is 1.77. The van der Waals surface area contributed by atoms with E-state index < -0.39 is 12.5 Å². The summed E-state index contributed by atoms with van der Waals surface area (Å²) in [5.74, 6) is 0.296. The number of aliphatic hydroxyl groups is 1. The second-order valence-corrected chi connectivity index (χ2v) is 6.05. The van der Waals surface area contributed by atoms with Gasteiger partial charge in [0.05, 0.1) is 18.9 Å². The van der Waals surface area contributed by atoms with Crippen LogP contribution in [0.15, 0.2) is 48.5 Å². The molecule has 0 saturated heterocycles. The van der Waals surface area contributed by atoms with E-state index in [-0.39, 0.29) is 17.9 Å². The normalized spacial score (nSPS) is 10.6. The molecule has 3 aromatic rings. The van der Waals surface area contributed by atoms with Gasteiger partial charge in [0.25, 0.3) is 5.91 Å². The van der Waals surface area contributed by atoms with Crippen molar-refractivity contribution in [2.45, 2.75) is 20.1 Å². The minimum Gasteiger partial charge on any atom is -0.494 e. The fourth-order valence-corrected chi connectivity index (χ4v) is 2.68. The number of carbonyl (C=O) groups excluding carboxylic acids is 1. The SMILES string of the molecule is CCOc1ccc(-n2nc(CO)c(C(=O)NCc3ccccc3Cl)n2)cc1. The molecule has 0 unspecified atom stereocenters. The van der Waals surface area contributed by atoms with Gasteiger partial charge in [-0.3, -0.25) is 4.79 Å². The van der Waals surface area contributed by atoms with Crippen LogP contribution in [0.4, 0.5) is 0 Å². The zero-order valence-electron chi connectivity index (χ0n) is 14.7. The smallest absolute Gasteiger partial charge is 0.274 e. The Morgan fingerprint density at radius 1 is 1.19 bits per heavy atom. The highest BCUT2D eigenvalue weighted by atomic mass is 35.5. The maximum absolute atomic E-state index is 12.5. The summed E-state index contributed by atoms with van der Waals surface area (Å²) in [6, 6.07) is 14.4. The third-order valence-corrected chi connectivity index (χ3v) is 4.19. The van der Waals surface area contributed by atoms with E-state index in [1.165, 1.54) is 4.80 Å². The van der Waals surface area contributed by atoms with Crippen LogP contribution in [0.2, 0.25) is 5.02 Å². The third kappa shape index (κ3) is 4.45. The number of ether oxygens (including phenoxy) is 1. The molecule has 8 heteroatoms. The predicted molar refractivity (Wildman–Crippen MR) is 101 cm³/mol. The van der Waals surface area contributed by atoms with Crippen molar-refractivity contribution < 1.29 is 14.6 Å². The number of aromatic nitrogens is 3. The number of carbonyl (C=O) groups is 1. The molecule has 7 nitrogen and oxygen atoms in total. The van der Waals surface area contributed by atoms with Gasteiger partial charge in [-0.2, -0.15) is 4.80 Å². The van der Waals surface area contributed by atoms with Crippen LogP contribution in [0, 0.1) is 0 Å². The van der Waals surface area contributed by atoms with Crippen molar-refractivity contribution in [3.8, 4) is 11.4 Å². The van der Waals surface area contributed by atoms with Crippen molar-refractivity contribution >= 4 is 17.5 Å². The lowest BCUT2D eigenvalue weighted by atomic mass is 10.2. The van der Waals surface area contributed by atoms with Gasteiger partial charge in [-0.1, -0.05) is 29.8 Å². The summed E-state index contributed by atoms with van der Waals surface area (Å²) >= 11 is 6.10. The number of hydrogen-bond donors (Lipinski definition) is 2. The first-order valence-corrected chi connectivity index (χ1v) is 8.82. The first kappa shape index (κ1) is 18.9. The summed E-state index contributed by atoms with van der Waals surface area (Å²) in [5, 5.41) is 21.3. The van der Waals surface area contributed by atoms with Crippen LogP contribution < -0.4 is 10.1 Å². The highest BCUT2D eigenvalue weighted by Gasteiger charge is 2.19. The van der Waals surface area contributed by atoms with Crippen molar-refractivity contribution in [3.63, 3.8) is 0 Å². The summed E-state index contributed by atoms with van der Waals surface area (Å²) in [6.07, 6.45) is 0. The quantitative estimate of drug-likeness (QED) is 0.651. The molecule has 0 aliphatic heterocycles. The molecule has 0 bridgehead atoms. The van der Waals surface area contributed by atoms with Crippen molar-refractivity contribution in [1.29, 1.82) is 0 Å². The minimum absolute atomic E-state index is 0.0680. The Bertz CT molecular complexity index is 925. The number of rotatable bonds is 7. The monoisotopic (exact) mass is 386 g/mol. The Kier molecular flexibility index (Phi) is 6.05. The molecule has 140 valence electrons. The van der Waals surface area contributed by atoms with Crippen molar-refractivity contribution in [3.05, 3.63) is 70.5 Å². The van der Waals surface area contributed by atoms with Crippen molar-refractivity contribution in [2.75, 3.05) is 6.61 Å². The summed E-state index contributed by atoms with van der Waals surface area (Å²) in [7, 11) is 0. The summed E-state index contributed by atoms with van der Waals surface area (Å²) in [4.78, 5) is 13.8. The highest BCUT2D eigenvalue weighted by molar-refractivity contribution is 6.31. The molecule has 1 amide bonds. The van der Waals surface area contributed by atoms with E-state index in [2.05, 4.69) is 15.5 Å². The topological polar surface area (TPSA) is 89.3 Å². The second-order valence-electron chi connectivity index (χ2n) is 5.64. The molecule has 0 fully saturated rings. The number of aliphatic hydroxyl groups excluding tert-OH is 1. The number of hydrogen-bond acceptors (Lipinski definition) is 5. The van der Waals surface area contributed by atoms with Gasteiger partial charge in [0, 0.05) is 11.6 Å². The molecule has 3 rings (SSSR count). The largest absolute Gasteiger partial charge is 0.494 e. The summed E-state index contributed by atoms with van der Waals surface area (Å²) < 4.78 is 5.40. The molecule has 0 aliphatic carbocycles. The zero-order valence-corrected chi connectivity index (χ0v) is 15.5. The average Bonchev–Trinajstić information content (AvgIpc) is 3.12. The fourth-order valence-electron chi connectivity index (χ4n) is 2.48. The minimum atomic E-state index is -0.434. The number of amides is 1. The Hall–Kier alpha value is -2.90. The van der Waals surface area contributed by atoms with E-state index in [1.54, 1.807) is 30.3 Å². The molecule has 0 radical (unpaired) electrons. The third-order valence-electron chi connectivity index (χ3n) is 3.82. The lowest BCUT2D eigenvalue weighted by Crippen LogP contribution is -2.24. The number of benzene rings is 2. The van der Waals surface area contributed by atoms with Gasteiger partial charge >= 0.3 is 0 Å². The molecule has 0 spiro atoms. The Labute approximate surface area is 161 Å². The van der Waals surface area contributed by atoms with Crippen LogP contribution in [0.1, 0.15) is 28.7 Å². The maximum Gasteiger partial charge on any atom is 0.274 e. The molecular weight excluding hydrogens is 368 g/mol. The van der Waals surface area contributed by atoms with Crippen LogP contribution in [-0.4, -0.2) is 32.6 Å². The number of halogens is 1. The van der Waals surface area contributed by atoms with Gasteiger partial charge in [-0.05, 0) is 42.8 Å². The molecule has 0 atom stereocenters. The second kappa shape index (κ2) is 8.66. The van der Waals surface area contributed by atoms with Crippen LogP contribution in [0.25, 0.3) is 5.69 Å². The molecule has 0 aliphatic rings. The molecule has 2 aromatic carbocycles. The van der Waals surface area contributed by atoms with Gasteiger partial charge in [-0.25, -0.2) is 0 Å². The van der Waals surface area contributed by atoms with Gasteiger partial charge in [-0.15, -0.1) is 10.2 Å². The van der Waals surface area contributed by atoms with Gasteiger partial charge in [0.2, 0.25) is 0 Å². The lowest BCUT2D eigenvalue weighted by Gasteiger charge is -2.05. The molecule has 2 N–H and O–H groups in total. The van der Waals surface area contributed by atoms with E-state index in [9.17, 15) is 9.90 Å². The van der Waals surface area contributed by atoms with E-state index in [0.717, 1.165) is 11.3 Å². The van der Waals surface area contributed by atoms with Crippen LogP contribution in [0.5, 0.6) is 5.75 Å². The maximum atomic E-state index is 12.5. The molecule has 1 heterocycles. The first-order chi connectivity index (χ1) is 13.1. The van der Waals surface area contributed by atoms with Crippen LogP contribution in [0.3, 0.4) is 0 Å². The molecular formula is C19H19ClN4O3. The number of nitrogens with zero attached hydrogens (tertiary/aromatic N) is 3. The first-order valence-electron chi connectivity index (χ1n) is 8.44. The molecule has 27 heavy (non-hydrogen) atoms. The van der Waals surface area contributed by atoms with E-state index in [0.29, 0.717) is 17.3 Å². The Morgan fingerprint density at radius 2 is 1.93 bits per heavy atom.